The number of esters is 1. The fourth-order valence-corrected chi connectivity index (χ4v) is 4.88. The second-order valence-electron chi connectivity index (χ2n) is 9.62. The van der Waals surface area contributed by atoms with Gasteiger partial charge in [-0.05, 0) is 59.7 Å². The first-order chi connectivity index (χ1) is 17.5. The predicted molar refractivity (Wildman–Crippen MR) is 130 cm³/mol. The van der Waals surface area contributed by atoms with Gasteiger partial charge in [-0.25, -0.2) is 4.79 Å². The number of benzene rings is 2. The van der Waals surface area contributed by atoms with E-state index in [0.717, 1.165) is 22.5 Å². The Hall–Kier alpha value is -3.69. The Labute approximate surface area is 212 Å². The van der Waals surface area contributed by atoms with Crippen molar-refractivity contribution in [2.75, 3.05) is 13.7 Å². The topological polar surface area (TPSA) is 91.9 Å². The molecule has 2 aromatic carbocycles. The first kappa shape index (κ1) is 26.4. The second-order valence-corrected chi connectivity index (χ2v) is 9.62. The summed E-state index contributed by atoms with van der Waals surface area (Å²) in [5.41, 5.74) is 2.29. The number of carboxylic acid groups (broad SMARTS) is 1. The maximum atomic E-state index is 13.6. The summed E-state index contributed by atoms with van der Waals surface area (Å²) in [6.07, 6.45) is -4.93. The van der Waals surface area contributed by atoms with Crippen LogP contribution in [0.25, 0.3) is 10.9 Å². The fourth-order valence-electron chi connectivity index (χ4n) is 4.88. The van der Waals surface area contributed by atoms with Crippen LogP contribution in [0.1, 0.15) is 54.3 Å². The molecule has 2 N–H and O–H groups in total. The number of alkyl halides is 3. The molecule has 0 fully saturated rings. The van der Waals surface area contributed by atoms with E-state index in [9.17, 15) is 27.9 Å². The lowest BCUT2D eigenvalue weighted by molar-refractivity contribution is -0.142. The van der Waals surface area contributed by atoms with E-state index in [4.69, 9.17) is 9.47 Å². The minimum atomic E-state index is -4.45. The maximum Gasteiger partial charge on any atom is 0.416 e. The Morgan fingerprint density at radius 2 is 1.95 bits per heavy atom. The van der Waals surface area contributed by atoms with Crippen molar-refractivity contribution in [3.05, 3.63) is 64.3 Å². The number of hydrogen-bond acceptors (Lipinski definition) is 4. The van der Waals surface area contributed by atoms with Gasteiger partial charge in [0.25, 0.3) is 0 Å². The molecule has 1 aliphatic rings. The Balaban J connectivity index is 1.59. The molecule has 0 aliphatic carbocycles. The molecule has 198 valence electrons. The normalized spacial score (nSPS) is 15.6. The molecule has 0 radical (unpaired) electrons. The summed E-state index contributed by atoms with van der Waals surface area (Å²) in [7, 11) is 1.25. The highest BCUT2D eigenvalue weighted by atomic mass is 19.4. The zero-order valence-electron chi connectivity index (χ0n) is 20.8. The van der Waals surface area contributed by atoms with Crippen LogP contribution in [0.5, 0.6) is 5.75 Å². The molecule has 1 aromatic heterocycles. The number of carbonyl (C=O) groups is 2. The summed E-state index contributed by atoms with van der Waals surface area (Å²) in [6, 6.07) is 8.86. The number of carbonyl (C=O) groups excluding carboxylic acids is 1. The van der Waals surface area contributed by atoms with Crippen molar-refractivity contribution in [3.8, 4) is 5.75 Å². The average molecular weight is 519 g/mol. The molecule has 0 spiro atoms. The van der Waals surface area contributed by atoms with Crippen molar-refractivity contribution in [1.29, 1.82) is 0 Å². The quantitative estimate of drug-likeness (QED) is 0.369. The van der Waals surface area contributed by atoms with Crippen LogP contribution >= 0.6 is 0 Å². The Bertz CT molecular complexity index is 1320. The van der Waals surface area contributed by atoms with Gasteiger partial charge in [0.2, 0.25) is 0 Å². The van der Waals surface area contributed by atoms with Crippen LogP contribution in [-0.4, -0.2) is 40.7 Å². The van der Waals surface area contributed by atoms with Gasteiger partial charge in [-0.1, -0.05) is 26.0 Å². The van der Waals surface area contributed by atoms with Crippen LogP contribution in [0.4, 0.5) is 18.0 Å². The molecule has 0 saturated heterocycles. The molecular formula is C27H29F3N2O5. The van der Waals surface area contributed by atoms with Gasteiger partial charge in [-0.3, -0.25) is 9.69 Å². The van der Waals surface area contributed by atoms with Crippen molar-refractivity contribution in [3.63, 3.8) is 0 Å². The maximum absolute atomic E-state index is 13.6. The molecule has 7 nitrogen and oxygen atoms in total. The summed E-state index contributed by atoms with van der Waals surface area (Å²) >= 11 is 0. The first-order valence-corrected chi connectivity index (χ1v) is 12.0. The monoisotopic (exact) mass is 518 g/mol. The number of ether oxygens (including phenoxy) is 2. The van der Waals surface area contributed by atoms with Crippen LogP contribution in [0, 0.1) is 5.92 Å². The Morgan fingerprint density at radius 1 is 1.19 bits per heavy atom. The summed E-state index contributed by atoms with van der Waals surface area (Å²) in [5.74, 6) is 0.0423. The largest absolute Gasteiger partial charge is 0.489 e. The van der Waals surface area contributed by atoms with Gasteiger partial charge in [-0.2, -0.15) is 13.2 Å². The molecule has 4 rings (SSSR count). The smallest absolute Gasteiger partial charge is 0.416 e. The van der Waals surface area contributed by atoms with Crippen molar-refractivity contribution in [2.24, 2.45) is 5.92 Å². The Kier molecular flexibility index (Phi) is 7.38. The van der Waals surface area contributed by atoms with Crippen LogP contribution in [-0.2, 0) is 35.2 Å². The van der Waals surface area contributed by atoms with Crippen molar-refractivity contribution < 1.29 is 37.3 Å². The van der Waals surface area contributed by atoms with Crippen molar-refractivity contribution in [2.45, 2.75) is 51.9 Å². The van der Waals surface area contributed by atoms with Gasteiger partial charge < -0.3 is 19.6 Å². The number of aromatic nitrogens is 1. The Morgan fingerprint density at radius 3 is 2.59 bits per heavy atom. The van der Waals surface area contributed by atoms with E-state index < -0.39 is 29.8 Å². The molecule has 0 bridgehead atoms. The minimum absolute atomic E-state index is 0.0408. The number of rotatable bonds is 7. The zero-order chi connectivity index (χ0) is 26.9. The predicted octanol–water partition coefficient (Wildman–Crippen LogP) is 6.10. The summed E-state index contributed by atoms with van der Waals surface area (Å²) < 4.78 is 51.5. The summed E-state index contributed by atoms with van der Waals surface area (Å²) in [5, 5.41) is 10.4. The highest BCUT2D eigenvalue weighted by Crippen LogP contribution is 2.38. The van der Waals surface area contributed by atoms with Crippen LogP contribution < -0.4 is 4.74 Å². The number of aromatic amines is 1. The third-order valence-corrected chi connectivity index (χ3v) is 6.57. The summed E-state index contributed by atoms with van der Waals surface area (Å²) in [6.45, 7) is 3.93. The molecule has 1 amide bonds. The third kappa shape index (κ3) is 5.68. The van der Waals surface area contributed by atoms with E-state index in [1.165, 1.54) is 18.1 Å². The average Bonchev–Trinajstić information content (AvgIpc) is 3.20. The zero-order valence-corrected chi connectivity index (χ0v) is 20.8. The molecule has 3 aromatic rings. The molecule has 1 atom stereocenters. The van der Waals surface area contributed by atoms with E-state index in [1.807, 2.05) is 13.8 Å². The number of methoxy groups -OCH3 is 1. The van der Waals surface area contributed by atoms with Crippen LogP contribution in [0.15, 0.2) is 36.4 Å². The van der Waals surface area contributed by atoms with Gasteiger partial charge in [0.05, 0.1) is 25.1 Å². The van der Waals surface area contributed by atoms with Gasteiger partial charge in [0, 0.05) is 23.1 Å². The standard InChI is InChI=1S/C27H29F3N2O5/c1-15(2)10-17-5-4-16(11-21(17)27(28,29)30)14-37-18-6-7-22-20(12-18)19-8-9-32(26(34)35)23(25(19)31-22)13-24(33)36-3/h4-7,11-12,15,23,31H,8-10,13-14H2,1-3H3,(H,34,35). The molecule has 0 saturated carbocycles. The number of nitrogens with one attached hydrogen (secondary N) is 1. The van der Waals surface area contributed by atoms with Gasteiger partial charge in [0.1, 0.15) is 12.4 Å². The lowest BCUT2D eigenvalue weighted by atomic mass is 9.95. The SMILES string of the molecule is COC(=O)CC1c2[nH]c3ccc(OCc4ccc(CC(C)C)c(C(F)(F)F)c4)cc3c2CCN1C(=O)O. The molecule has 37 heavy (non-hydrogen) atoms. The second kappa shape index (κ2) is 10.4. The molecule has 10 heteroatoms. The number of hydrogen-bond donors (Lipinski definition) is 2. The van der Waals surface area contributed by atoms with E-state index in [-0.39, 0.29) is 31.1 Å². The number of H-pyrrole nitrogens is 1. The fraction of sp³-hybridized carbons (Fsp3) is 0.407. The first-order valence-electron chi connectivity index (χ1n) is 12.0. The molecule has 1 unspecified atom stereocenters. The van der Waals surface area contributed by atoms with E-state index in [0.29, 0.717) is 29.8 Å². The van der Waals surface area contributed by atoms with Gasteiger partial charge in [0.15, 0.2) is 0 Å². The van der Waals surface area contributed by atoms with Crippen LogP contribution in [0.2, 0.25) is 0 Å². The van der Waals surface area contributed by atoms with Gasteiger partial charge in [-0.15, -0.1) is 0 Å². The molecular weight excluding hydrogens is 489 g/mol. The number of amides is 1. The molecule has 2 heterocycles. The van der Waals surface area contributed by atoms with E-state index in [2.05, 4.69) is 4.98 Å². The van der Waals surface area contributed by atoms with E-state index >= 15 is 0 Å². The third-order valence-electron chi connectivity index (χ3n) is 6.57. The lowest BCUT2D eigenvalue weighted by Crippen LogP contribution is -2.40. The number of fused-ring (bicyclic) bond motifs is 3. The lowest BCUT2D eigenvalue weighted by Gasteiger charge is -2.33. The summed E-state index contributed by atoms with van der Waals surface area (Å²) in [4.78, 5) is 28.2. The highest BCUT2D eigenvalue weighted by Gasteiger charge is 2.35. The number of nitrogens with zero attached hydrogens (tertiary/aromatic N) is 1. The van der Waals surface area contributed by atoms with Crippen LogP contribution in [0.3, 0.4) is 0 Å². The van der Waals surface area contributed by atoms with Crippen molar-refractivity contribution >= 4 is 23.0 Å². The number of halogens is 3. The molecule has 1 aliphatic heterocycles. The van der Waals surface area contributed by atoms with Crippen molar-refractivity contribution in [1.82, 2.24) is 9.88 Å². The van der Waals surface area contributed by atoms with E-state index in [1.54, 1.807) is 24.3 Å². The van der Waals surface area contributed by atoms with Gasteiger partial charge >= 0.3 is 18.2 Å². The highest BCUT2D eigenvalue weighted by molar-refractivity contribution is 5.87. The minimum Gasteiger partial charge on any atom is -0.489 e.